The van der Waals surface area contributed by atoms with Crippen LogP contribution in [0.4, 0.5) is 5.69 Å². The Labute approximate surface area is 120 Å². The highest BCUT2D eigenvalue weighted by molar-refractivity contribution is 6.03. The van der Waals surface area contributed by atoms with Crippen molar-refractivity contribution in [2.45, 2.75) is 25.7 Å². The summed E-state index contributed by atoms with van der Waals surface area (Å²) in [4.78, 5) is 16.5. The first-order chi connectivity index (χ1) is 10.3. The number of fused-ring (bicyclic) bond motifs is 2. The number of rotatable bonds is 2. The number of aryl methyl sites for hydroxylation is 1. The van der Waals surface area contributed by atoms with Crippen molar-refractivity contribution in [1.29, 1.82) is 0 Å². The Morgan fingerprint density at radius 1 is 1.29 bits per heavy atom. The van der Waals surface area contributed by atoms with E-state index < -0.39 is 0 Å². The zero-order valence-corrected chi connectivity index (χ0v) is 11.4. The van der Waals surface area contributed by atoms with Gasteiger partial charge in [-0.15, -0.1) is 0 Å². The van der Waals surface area contributed by atoms with Gasteiger partial charge in [-0.1, -0.05) is 5.16 Å². The molecule has 4 rings (SSSR count). The maximum absolute atomic E-state index is 12.4. The summed E-state index contributed by atoms with van der Waals surface area (Å²) < 4.78 is 7.13. The van der Waals surface area contributed by atoms with Crippen molar-refractivity contribution >= 4 is 17.2 Å². The number of carbonyl (C=O) groups is 1. The lowest BCUT2D eigenvalue weighted by molar-refractivity contribution is 0.101. The van der Waals surface area contributed by atoms with Gasteiger partial charge < -0.3 is 14.2 Å². The minimum absolute atomic E-state index is 0.221. The van der Waals surface area contributed by atoms with Crippen molar-refractivity contribution in [3.8, 4) is 0 Å². The maximum Gasteiger partial charge on any atom is 0.278 e. The van der Waals surface area contributed by atoms with Crippen molar-refractivity contribution in [2.24, 2.45) is 0 Å². The predicted molar refractivity (Wildman–Crippen MR) is 76.3 cm³/mol. The number of aromatic nitrogens is 3. The molecule has 21 heavy (non-hydrogen) atoms. The monoisotopic (exact) mass is 282 g/mol. The van der Waals surface area contributed by atoms with Crippen LogP contribution in [0.3, 0.4) is 0 Å². The summed E-state index contributed by atoms with van der Waals surface area (Å²) in [5.74, 6) is 0.637. The Balaban J connectivity index is 1.61. The van der Waals surface area contributed by atoms with E-state index in [9.17, 15) is 4.79 Å². The van der Waals surface area contributed by atoms with E-state index >= 15 is 0 Å². The third-order valence-electron chi connectivity index (χ3n) is 3.81. The standard InChI is InChI=1S/C15H14N4O2/c20-15(14-11-3-1-2-4-12(11)21-18-14)17-10-5-6-13-16-7-8-19(13)9-10/h5-9H,1-4H2,(H,17,20). The first kappa shape index (κ1) is 12.1. The smallest absolute Gasteiger partial charge is 0.278 e. The molecule has 0 atom stereocenters. The molecule has 0 fully saturated rings. The van der Waals surface area contributed by atoms with Crippen LogP contribution in [0.1, 0.15) is 34.7 Å². The van der Waals surface area contributed by atoms with Gasteiger partial charge in [-0.2, -0.15) is 0 Å². The highest BCUT2D eigenvalue weighted by atomic mass is 16.5. The van der Waals surface area contributed by atoms with Gasteiger partial charge >= 0.3 is 0 Å². The number of carbonyl (C=O) groups excluding carboxylic acids is 1. The zero-order chi connectivity index (χ0) is 14.2. The molecule has 3 aromatic rings. The molecule has 3 aromatic heterocycles. The molecule has 106 valence electrons. The summed E-state index contributed by atoms with van der Waals surface area (Å²) in [6.45, 7) is 0. The zero-order valence-electron chi connectivity index (χ0n) is 11.4. The molecule has 0 saturated heterocycles. The molecule has 0 saturated carbocycles. The van der Waals surface area contributed by atoms with Crippen molar-refractivity contribution in [3.63, 3.8) is 0 Å². The number of imidazole rings is 1. The third-order valence-corrected chi connectivity index (χ3v) is 3.81. The maximum atomic E-state index is 12.4. The molecule has 0 bridgehead atoms. The number of hydrogen-bond donors (Lipinski definition) is 1. The molecule has 6 heteroatoms. The SMILES string of the molecule is O=C(Nc1ccc2nccn2c1)c1noc2c1CCCC2. The highest BCUT2D eigenvalue weighted by Gasteiger charge is 2.24. The largest absolute Gasteiger partial charge is 0.360 e. The molecule has 0 aliphatic heterocycles. The molecule has 1 aliphatic carbocycles. The van der Waals surface area contributed by atoms with E-state index in [1.54, 1.807) is 6.20 Å². The second-order valence-electron chi connectivity index (χ2n) is 5.20. The van der Waals surface area contributed by atoms with Gasteiger partial charge in [0.15, 0.2) is 5.69 Å². The van der Waals surface area contributed by atoms with Gasteiger partial charge in [-0.3, -0.25) is 4.79 Å². The molecule has 6 nitrogen and oxygen atoms in total. The van der Waals surface area contributed by atoms with Gasteiger partial charge in [0.1, 0.15) is 11.4 Å². The van der Waals surface area contributed by atoms with Crippen LogP contribution in [-0.4, -0.2) is 20.4 Å². The molecule has 3 heterocycles. The number of nitrogens with zero attached hydrogens (tertiary/aromatic N) is 3. The first-order valence-corrected chi connectivity index (χ1v) is 7.03. The van der Waals surface area contributed by atoms with Gasteiger partial charge in [0, 0.05) is 30.6 Å². The van der Waals surface area contributed by atoms with Gasteiger partial charge in [-0.05, 0) is 31.4 Å². The summed E-state index contributed by atoms with van der Waals surface area (Å²) in [5, 5.41) is 6.81. The lowest BCUT2D eigenvalue weighted by Crippen LogP contribution is -2.15. The lowest BCUT2D eigenvalue weighted by Gasteiger charge is -2.09. The van der Waals surface area contributed by atoms with E-state index in [-0.39, 0.29) is 5.91 Å². The Morgan fingerprint density at radius 3 is 3.14 bits per heavy atom. The molecule has 0 aromatic carbocycles. The topological polar surface area (TPSA) is 72.4 Å². The minimum Gasteiger partial charge on any atom is -0.360 e. The van der Waals surface area contributed by atoms with E-state index in [2.05, 4.69) is 15.5 Å². The van der Waals surface area contributed by atoms with Gasteiger partial charge in [0.25, 0.3) is 5.91 Å². The van der Waals surface area contributed by atoms with E-state index in [1.165, 1.54) is 0 Å². The average molecular weight is 282 g/mol. The summed E-state index contributed by atoms with van der Waals surface area (Å²) in [6, 6.07) is 3.68. The van der Waals surface area contributed by atoms with Crippen LogP contribution in [0.25, 0.3) is 5.65 Å². The quantitative estimate of drug-likeness (QED) is 0.783. The third kappa shape index (κ3) is 2.08. The van der Waals surface area contributed by atoms with E-state index in [4.69, 9.17) is 4.52 Å². The van der Waals surface area contributed by atoms with Crippen LogP contribution in [0.15, 0.2) is 35.2 Å². The van der Waals surface area contributed by atoms with Crippen molar-refractivity contribution in [2.75, 3.05) is 5.32 Å². The first-order valence-electron chi connectivity index (χ1n) is 7.03. The van der Waals surface area contributed by atoms with E-state index in [1.807, 2.05) is 28.9 Å². The van der Waals surface area contributed by atoms with Crippen LogP contribution in [0.2, 0.25) is 0 Å². The van der Waals surface area contributed by atoms with Gasteiger partial charge in [0.2, 0.25) is 0 Å². The Kier molecular flexibility index (Phi) is 2.73. The van der Waals surface area contributed by atoms with Crippen LogP contribution >= 0.6 is 0 Å². The molecule has 0 radical (unpaired) electrons. The highest BCUT2D eigenvalue weighted by Crippen LogP contribution is 2.24. The number of amides is 1. The predicted octanol–water partition coefficient (Wildman–Crippen LogP) is 2.45. The second-order valence-corrected chi connectivity index (χ2v) is 5.20. The Hall–Kier alpha value is -2.63. The number of anilines is 1. The van der Waals surface area contributed by atoms with Crippen LogP contribution < -0.4 is 5.32 Å². The van der Waals surface area contributed by atoms with Crippen molar-refractivity contribution in [1.82, 2.24) is 14.5 Å². The van der Waals surface area contributed by atoms with Crippen molar-refractivity contribution in [3.05, 3.63) is 47.7 Å². The van der Waals surface area contributed by atoms with Gasteiger partial charge in [-0.25, -0.2) is 4.98 Å². The summed E-state index contributed by atoms with van der Waals surface area (Å²) >= 11 is 0. The lowest BCUT2D eigenvalue weighted by atomic mass is 9.96. The number of hydrogen-bond acceptors (Lipinski definition) is 4. The fourth-order valence-corrected chi connectivity index (χ4v) is 2.75. The molecule has 1 amide bonds. The molecule has 0 unspecified atom stereocenters. The number of pyridine rings is 1. The Bertz CT molecular complexity index is 818. The Morgan fingerprint density at radius 2 is 2.19 bits per heavy atom. The molecular formula is C15H14N4O2. The number of nitrogens with one attached hydrogen (secondary N) is 1. The fraction of sp³-hybridized carbons (Fsp3) is 0.267. The molecular weight excluding hydrogens is 268 g/mol. The van der Waals surface area contributed by atoms with Crippen LogP contribution in [0, 0.1) is 0 Å². The van der Waals surface area contributed by atoms with Crippen molar-refractivity contribution < 1.29 is 9.32 Å². The molecule has 1 N–H and O–H groups in total. The van der Waals surface area contributed by atoms with E-state index in [0.717, 1.165) is 42.7 Å². The minimum atomic E-state index is -0.221. The summed E-state index contributed by atoms with van der Waals surface area (Å²) in [6.07, 6.45) is 9.29. The fourth-order valence-electron chi connectivity index (χ4n) is 2.75. The molecule has 1 aliphatic rings. The van der Waals surface area contributed by atoms with Crippen LogP contribution in [0.5, 0.6) is 0 Å². The normalized spacial score (nSPS) is 14.1. The second kappa shape index (κ2) is 4.73. The molecule has 0 spiro atoms. The van der Waals surface area contributed by atoms with E-state index in [0.29, 0.717) is 11.4 Å². The summed E-state index contributed by atoms with van der Waals surface area (Å²) in [7, 11) is 0. The summed E-state index contributed by atoms with van der Waals surface area (Å²) in [5.41, 5.74) is 2.92. The van der Waals surface area contributed by atoms with Gasteiger partial charge in [0.05, 0.1) is 5.69 Å². The van der Waals surface area contributed by atoms with Crippen LogP contribution in [-0.2, 0) is 12.8 Å². The average Bonchev–Trinajstić information content (AvgIpc) is 3.13.